The topological polar surface area (TPSA) is 76.4 Å². The van der Waals surface area contributed by atoms with Crippen molar-refractivity contribution < 1.29 is 22.7 Å². The molecular formula is C34H42ClF3N6O2. The van der Waals surface area contributed by atoms with Crippen molar-refractivity contribution in [2.75, 3.05) is 26.2 Å². The first-order chi connectivity index (χ1) is 21.5. The Morgan fingerprint density at radius 3 is 2.37 bits per heavy atom. The van der Waals surface area contributed by atoms with Gasteiger partial charge in [-0.05, 0) is 71.2 Å². The van der Waals surface area contributed by atoms with E-state index in [1.807, 2.05) is 24.9 Å². The molecule has 3 atom stereocenters. The minimum Gasteiger partial charge on any atom is -0.360 e. The Hall–Kier alpha value is -3.02. The molecule has 2 aromatic heterocycles. The number of aryl methyl sites for hydroxylation is 2. The van der Waals surface area contributed by atoms with Crippen LogP contribution in [-0.4, -0.2) is 67.4 Å². The van der Waals surface area contributed by atoms with E-state index in [-0.39, 0.29) is 23.1 Å². The van der Waals surface area contributed by atoms with E-state index in [0.29, 0.717) is 56.2 Å². The molecule has 1 amide bonds. The zero-order valence-corrected chi connectivity index (χ0v) is 28.3. The molecule has 3 aliphatic heterocycles. The molecule has 8 nitrogen and oxygen atoms in total. The highest BCUT2D eigenvalue weighted by molar-refractivity contribution is 6.31. The van der Waals surface area contributed by atoms with Crippen LogP contribution in [0.25, 0.3) is 0 Å². The monoisotopic (exact) mass is 658 g/mol. The predicted molar refractivity (Wildman–Crippen MR) is 168 cm³/mol. The molecule has 0 aliphatic carbocycles. The number of carbonyl (C=O) groups excluding carboxylic acids is 1. The van der Waals surface area contributed by atoms with Gasteiger partial charge in [0.2, 0.25) is 5.91 Å². The number of amides is 1. The summed E-state index contributed by atoms with van der Waals surface area (Å²) in [5.74, 6) is -5.27. The highest BCUT2D eigenvalue weighted by Crippen LogP contribution is 2.55. The van der Waals surface area contributed by atoms with Crippen molar-refractivity contribution >= 4 is 17.5 Å². The lowest BCUT2D eigenvalue weighted by Gasteiger charge is -2.47. The van der Waals surface area contributed by atoms with Gasteiger partial charge in [-0.15, -0.1) is 5.10 Å². The van der Waals surface area contributed by atoms with E-state index >= 15 is 4.39 Å². The number of piperidine rings is 2. The SMILES string of the molecule is Cc1nc2c(cc1Cl)[C@H](C(C)(C)c1cnnn1C)OC21CCN(C(=O)[C@@H]2CCN(C(C)(C)C)C[C@H]2c2ccc(F)c(F)c2F)CC1. The number of hydrogen-bond donors (Lipinski definition) is 0. The fourth-order valence-electron chi connectivity index (χ4n) is 7.72. The van der Waals surface area contributed by atoms with Crippen molar-refractivity contribution in [3.8, 4) is 0 Å². The van der Waals surface area contributed by atoms with Crippen LogP contribution in [0.4, 0.5) is 13.2 Å². The third-order valence-electron chi connectivity index (χ3n) is 10.5. The maximum atomic E-state index is 15.2. The largest absolute Gasteiger partial charge is 0.360 e. The predicted octanol–water partition coefficient (Wildman–Crippen LogP) is 6.36. The Bertz CT molecular complexity index is 1660. The maximum absolute atomic E-state index is 15.2. The smallest absolute Gasteiger partial charge is 0.226 e. The van der Waals surface area contributed by atoms with E-state index in [1.165, 1.54) is 6.07 Å². The Morgan fingerprint density at radius 2 is 1.74 bits per heavy atom. The van der Waals surface area contributed by atoms with Gasteiger partial charge in [0, 0.05) is 55.0 Å². The quantitative estimate of drug-likeness (QED) is 0.304. The van der Waals surface area contributed by atoms with Crippen LogP contribution in [-0.2, 0) is 27.6 Å². The number of fused-ring (bicyclic) bond motifs is 2. The number of likely N-dealkylation sites (tertiary alicyclic amines) is 2. The van der Waals surface area contributed by atoms with Gasteiger partial charge in [-0.1, -0.05) is 36.7 Å². The molecule has 46 heavy (non-hydrogen) atoms. The van der Waals surface area contributed by atoms with Gasteiger partial charge in [-0.2, -0.15) is 0 Å². The summed E-state index contributed by atoms with van der Waals surface area (Å²) < 4.78 is 52.3. The number of rotatable bonds is 4. The molecule has 248 valence electrons. The summed E-state index contributed by atoms with van der Waals surface area (Å²) in [6.45, 7) is 14.0. The number of pyridine rings is 1. The normalized spacial score (nSPS) is 23.6. The van der Waals surface area contributed by atoms with Gasteiger partial charge < -0.3 is 9.64 Å². The Labute approximate surface area is 273 Å². The lowest BCUT2D eigenvalue weighted by Crippen LogP contribution is -2.54. The maximum Gasteiger partial charge on any atom is 0.226 e. The zero-order valence-electron chi connectivity index (χ0n) is 27.5. The van der Waals surface area contributed by atoms with Gasteiger partial charge >= 0.3 is 0 Å². The number of ether oxygens (including phenoxy) is 1. The highest BCUT2D eigenvalue weighted by Gasteiger charge is 2.54. The average molecular weight is 659 g/mol. The van der Waals surface area contributed by atoms with Gasteiger partial charge in [-0.25, -0.2) is 13.2 Å². The number of halogens is 4. The van der Waals surface area contributed by atoms with Gasteiger partial charge in [0.25, 0.3) is 0 Å². The average Bonchev–Trinajstić information content (AvgIpc) is 3.58. The number of hydrogen-bond acceptors (Lipinski definition) is 6. The molecule has 2 saturated heterocycles. The second-order valence-electron chi connectivity index (χ2n) is 14.7. The highest BCUT2D eigenvalue weighted by atomic mass is 35.5. The number of carbonyl (C=O) groups is 1. The summed E-state index contributed by atoms with van der Waals surface area (Å²) in [6.07, 6.45) is 2.88. The lowest BCUT2D eigenvalue weighted by atomic mass is 9.77. The first kappa shape index (κ1) is 32.9. The summed E-state index contributed by atoms with van der Waals surface area (Å²) >= 11 is 6.60. The van der Waals surface area contributed by atoms with Crippen LogP contribution in [0.15, 0.2) is 24.4 Å². The molecule has 5 heterocycles. The Balaban J connectivity index is 1.28. The third-order valence-corrected chi connectivity index (χ3v) is 10.9. The minimum atomic E-state index is -1.50. The lowest BCUT2D eigenvalue weighted by molar-refractivity contribution is -0.153. The summed E-state index contributed by atoms with van der Waals surface area (Å²) in [6, 6.07) is 4.19. The van der Waals surface area contributed by atoms with Crippen LogP contribution < -0.4 is 0 Å². The van der Waals surface area contributed by atoms with Crippen molar-refractivity contribution in [1.29, 1.82) is 0 Å². The van der Waals surface area contributed by atoms with Crippen LogP contribution in [0.3, 0.4) is 0 Å². The van der Waals surface area contributed by atoms with E-state index in [9.17, 15) is 13.6 Å². The van der Waals surface area contributed by atoms with Gasteiger partial charge in [0.1, 0.15) is 5.60 Å². The fourth-order valence-corrected chi connectivity index (χ4v) is 7.88. The molecule has 1 spiro atoms. The second-order valence-corrected chi connectivity index (χ2v) is 15.1. The molecule has 0 radical (unpaired) electrons. The summed E-state index contributed by atoms with van der Waals surface area (Å²) in [5.41, 5.74) is 1.93. The van der Waals surface area contributed by atoms with Gasteiger partial charge in [0.15, 0.2) is 17.5 Å². The van der Waals surface area contributed by atoms with Crippen LogP contribution in [0.2, 0.25) is 5.02 Å². The summed E-state index contributed by atoms with van der Waals surface area (Å²) in [5, 5.41) is 8.79. The van der Waals surface area contributed by atoms with Gasteiger partial charge in [-0.3, -0.25) is 19.4 Å². The van der Waals surface area contributed by atoms with E-state index in [0.717, 1.165) is 23.0 Å². The first-order valence-electron chi connectivity index (χ1n) is 15.9. The summed E-state index contributed by atoms with van der Waals surface area (Å²) in [7, 11) is 1.85. The number of benzene rings is 1. The van der Waals surface area contributed by atoms with Crippen molar-refractivity contribution in [2.24, 2.45) is 13.0 Å². The van der Waals surface area contributed by atoms with Crippen LogP contribution >= 0.6 is 11.6 Å². The van der Waals surface area contributed by atoms with Crippen molar-refractivity contribution in [1.82, 2.24) is 29.8 Å². The molecule has 0 bridgehead atoms. The molecule has 0 N–H and O–H groups in total. The molecule has 0 unspecified atom stereocenters. The van der Waals surface area contributed by atoms with Crippen LogP contribution in [0.1, 0.15) is 94.1 Å². The molecule has 1 aromatic carbocycles. The van der Waals surface area contributed by atoms with E-state index in [1.54, 1.807) is 10.9 Å². The Morgan fingerprint density at radius 1 is 1.04 bits per heavy atom. The number of nitrogens with zero attached hydrogens (tertiary/aromatic N) is 6. The van der Waals surface area contributed by atoms with E-state index < -0.39 is 40.3 Å². The second kappa shape index (κ2) is 11.6. The van der Waals surface area contributed by atoms with Crippen molar-refractivity contribution in [3.63, 3.8) is 0 Å². The minimum absolute atomic E-state index is 0.0408. The molecule has 3 aromatic rings. The van der Waals surface area contributed by atoms with E-state index in [2.05, 4.69) is 49.8 Å². The number of aromatic nitrogens is 4. The van der Waals surface area contributed by atoms with Crippen molar-refractivity contribution in [3.05, 3.63) is 75.1 Å². The summed E-state index contributed by atoms with van der Waals surface area (Å²) in [4.78, 5) is 23.2. The molecule has 2 fully saturated rings. The molecular weight excluding hydrogens is 617 g/mol. The first-order valence-corrected chi connectivity index (χ1v) is 16.3. The fraction of sp³-hybridized carbons (Fsp3) is 0.588. The van der Waals surface area contributed by atoms with Crippen LogP contribution in [0, 0.1) is 30.3 Å². The van der Waals surface area contributed by atoms with Gasteiger partial charge in [0.05, 0.1) is 34.4 Å². The molecule has 12 heteroatoms. The zero-order chi connectivity index (χ0) is 33.3. The molecule has 6 rings (SSSR count). The van der Waals surface area contributed by atoms with E-state index in [4.69, 9.17) is 21.3 Å². The Kier molecular flexibility index (Phi) is 8.29. The third kappa shape index (κ3) is 5.42. The van der Waals surface area contributed by atoms with Crippen LogP contribution in [0.5, 0.6) is 0 Å². The van der Waals surface area contributed by atoms with Crippen molar-refractivity contribution in [2.45, 2.75) is 89.4 Å². The molecule has 0 saturated carbocycles. The standard InChI is InChI=1S/C34H42ClF3N6O2/c1-19-24(35)16-22-29(40-19)34(46-30(22)33(5,6)26-17-39-41-42(26)7)11-14-43(15-12-34)31(45)21-10-13-44(32(2,3)4)18-23(21)20-8-9-25(36)28(38)27(20)37/h8-9,16-17,21,23,30H,10-15,18H2,1-7H3/t21-,23+,30-/m1/s1. The molecule has 3 aliphatic rings.